The van der Waals surface area contributed by atoms with Gasteiger partial charge in [-0.05, 0) is 18.9 Å². The average molecular weight is 188 g/mol. The maximum Gasteiger partial charge on any atom is 0.158 e. The highest BCUT2D eigenvalue weighted by atomic mass is 32.2. The highest BCUT2D eigenvalue weighted by Gasteiger charge is 2.26. The van der Waals surface area contributed by atoms with E-state index in [-0.39, 0.29) is 23.2 Å². The Hall–Kier alpha value is -0.640. The third-order valence-corrected chi connectivity index (χ3v) is 3.87. The zero-order chi connectivity index (χ0) is 9.19. The number of hydrogen-bond acceptors (Lipinski definition) is 3. The Morgan fingerprint density at radius 2 is 1.83 bits per heavy atom. The van der Waals surface area contributed by atoms with Crippen molar-refractivity contribution in [3.8, 4) is 0 Å². The molecule has 1 fully saturated rings. The third-order valence-electron chi connectivity index (χ3n) is 2.16. The molecule has 12 heavy (non-hydrogen) atoms. The minimum atomic E-state index is -2.84. The molecule has 3 nitrogen and oxygen atoms in total. The van der Waals surface area contributed by atoms with Crippen molar-refractivity contribution in [1.29, 1.82) is 0 Å². The zero-order valence-electron chi connectivity index (χ0n) is 6.82. The van der Waals surface area contributed by atoms with E-state index in [0.29, 0.717) is 12.8 Å². The van der Waals surface area contributed by atoms with Crippen molar-refractivity contribution < 1.29 is 13.2 Å². The van der Waals surface area contributed by atoms with Gasteiger partial charge >= 0.3 is 0 Å². The molecule has 0 N–H and O–H groups in total. The molecule has 0 atom stereocenters. The third kappa shape index (κ3) is 2.17. The van der Waals surface area contributed by atoms with Crippen LogP contribution in [0, 0.1) is 5.92 Å². The molecule has 0 unspecified atom stereocenters. The van der Waals surface area contributed by atoms with Crippen molar-refractivity contribution in [2.24, 2.45) is 5.92 Å². The summed E-state index contributed by atoms with van der Waals surface area (Å²) in [6.45, 7) is 3.37. The van der Waals surface area contributed by atoms with Gasteiger partial charge in [0.05, 0.1) is 11.5 Å². The Bertz CT molecular complexity index is 275. The SMILES string of the molecule is C=CC(=O)C1CCS(=O)(=O)CC1. The molecule has 1 saturated heterocycles. The summed E-state index contributed by atoms with van der Waals surface area (Å²) < 4.78 is 21.9. The summed E-state index contributed by atoms with van der Waals surface area (Å²) in [6, 6.07) is 0. The number of ketones is 1. The van der Waals surface area contributed by atoms with Crippen molar-refractivity contribution in [2.45, 2.75) is 12.8 Å². The average Bonchev–Trinajstić information content (AvgIpc) is 2.03. The second kappa shape index (κ2) is 3.39. The Morgan fingerprint density at radius 1 is 1.33 bits per heavy atom. The number of sulfone groups is 1. The molecule has 4 heteroatoms. The number of rotatable bonds is 2. The van der Waals surface area contributed by atoms with E-state index < -0.39 is 9.84 Å². The molecule has 0 spiro atoms. The maximum atomic E-state index is 11.1. The Kier molecular flexibility index (Phi) is 2.67. The van der Waals surface area contributed by atoms with Crippen LogP contribution >= 0.6 is 0 Å². The van der Waals surface area contributed by atoms with Gasteiger partial charge in [0, 0.05) is 5.92 Å². The number of hydrogen-bond donors (Lipinski definition) is 0. The van der Waals surface area contributed by atoms with E-state index in [1.165, 1.54) is 6.08 Å². The lowest BCUT2D eigenvalue weighted by molar-refractivity contribution is -0.118. The second-order valence-electron chi connectivity index (χ2n) is 3.03. The molecule has 0 aromatic rings. The highest BCUT2D eigenvalue weighted by Crippen LogP contribution is 2.19. The van der Waals surface area contributed by atoms with E-state index >= 15 is 0 Å². The molecule has 0 aromatic heterocycles. The summed E-state index contributed by atoms with van der Waals surface area (Å²) in [7, 11) is -2.84. The van der Waals surface area contributed by atoms with Gasteiger partial charge < -0.3 is 0 Å². The first kappa shape index (κ1) is 9.45. The predicted molar refractivity (Wildman–Crippen MR) is 46.6 cm³/mol. The molecule has 0 radical (unpaired) electrons. The quantitative estimate of drug-likeness (QED) is 0.595. The van der Waals surface area contributed by atoms with Crippen molar-refractivity contribution in [3.63, 3.8) is 0 Å². The molecule has 1 heterocycles. The summed E-state index contributed by atoms with van der Waals surface area (Å²) in [6.07, 6.45) is 2.21. The number of carbonyl (C=O) groups excluding carboxylic acids is 1. The lowest BCUT2D eigenvalue weighted by atomic mass is 9.98. The molecule has 0 aromatic carbocycles. The summed E-state index contributed by atoms with van der Waals surface area (Å²) in [5, 5.41) is 0. The maximum absolute atomic E-state index is 11.1. The molecule has 1 aliphatic rings. The Morgan fingerprint density at radius 3 is 2.25 bits per heavy atom. The molecule has 0 bridgehead atoms. The smallest absolute Gasteiger partial charge is 0.158 e. The van der Waals surface area contributed by atoms with Gasteiger partial charge in [-0.25, -0.2) is 8.42 Å². The van der Waals surface area contributed by atoms with E-state index in [4.69, 9.17) is 0 Å². The molecule has 1 rings (SSSR count). The molecule has 68 valence electrons. The van der Waals surface area contributed by atoms with Gasteiger partial charge in [0.1, 0.15) is 9.84 Å². The largest absolute Gasteiger partial charge is 0.295 e. The van der Waals surface area contributed by atoms with Crippen LogP contribution in [-0.4, -0.2) is 25.7 Å². The number of carbonyl (C=O) groups is 1. The normalized spacial score (nSPS) is 23.3. The standard InChI is InChI=1S/C8H12O3S/c1-2-8(9)7-3-5-12(10,11)6-4-7/h2,7H,1,3-6H2. The van der Waals surface area contributed by atoms with Crippen molar-refractivity contribution in [3.05, 3.63) is 12.7 Å². The topological polar surface area (TPSA) is 51.2 Å². The van der Waals surface area contributed by atoms with Gasteiger partial charge in [-0.2, -0.15) is 0 Å². The van der Waals surface area contributed by atoms with Crippen LogP contribution in [0.3, 0.4) is 0 Å². The fourth-order valence-corrected chi connectivity index (χ4v) is 2.83. The summed E-state index contributed by atoms with van der Waals surface area (Å²) in [4.78, 5) is 11.1. The monoisotopic (exact) mass is 188 g/mol. The molecule has 0 saturated carbocycles. The van der Waals surface area contributed by atoms with Crippen LogP contribution in [0.2, 0.25) is 0 Å². The second-order valence-corrected chi connectivity index (χ2v) is 5.34. The first-order valence-corrected chi connectivity index (χ1v) is 5.74. The zero-order valence-corrected chi connectivity index (χ0v) is 7.64. The van der Waals surface area contributed by atoms with Crippen LogP contribution < -0.4 is 0 Å². The van der Waals surface area contributed by atoms with Crippen LogP contribution in [0.4, 0.5) is 0 Å². The van der Waals surface area contributed by atoms with Gasteiger partial charge in [0.25, 0.3) is 0 Å². The fourth-order valence-electron chi connectivity index (χ4n) is 1.34. The van der Waals surface area contributed by atoms with Crippen molar-refractivity contribution in [1.82, 2.24) is 0 Å². The van der Waals surface area contributed by atoms with Crippen molar-refractivity contribution >= 4 is 15.6 Å². The summed E-state index contributed by atoms with van der Waals surface area (Å²) in [5.74, 6) is 0.171. The van der Waals surface area contributed by atoms with Crippen LogP contribution in [0.15, 0.2) is 12.7 Å². The van der Waals surface area contributed by atoms with Crippen LogP contribution in [0.25, 0.3) is 0 Å². The fraction of sp³-hybridized carbons (Fsp3) is 0.625. The minimum Gasteiger partial charge on any atom is -0.295 e. The first-order chi connectivity index (χ1) is 5.55. The Labute approximate surface area is 72.4 Å². The lowest BCUT2D eigenvalue weighted by Crippen LogP contribution is -2.27. The molecule has 0 aliphatic carbocycles. The molecule has 1 aliphatic heterocycles. The van der Waals surface area contributed by atoms with Gasteiger partial charge in [-0.3, -0.25) is 4.79 Å². The highest BCUT2D eigenvalue weighted by molar-refractivity contribution is 7.91. The first-order valence-electron chi connectivity index (χ1n) is 3.92. The van der Waals surface area contributed by atoms with E-state index in [2.05, 4.69) is 6.58 Å². The molecular weight excluding hydrogens is 176 g/mol. The van der Waals surface area contributed by atoms with Crippen molar-refractivity contribution in [2.75, 3.05) is 11.5 Å². The van der Waals surface area contributed by atoms with E-state index in [1.807, 2.05) is 0 Å². The van der Waals surface area contributed by atoms with E-state index in [0.717, 1.165) is 0 Å². The lowest BCUT2D eigenvalue weighted by Gasteiger charge is -2.18. The van der Waals surface area contributed by atoms with Gasteiger partial charge in [0.15, 0.2) is 5.78 Å². The number of allylic oxidation sites excluding steroid dienone is 1. The Balaban J connectivity index is 2.57. The summed E-state index contributed by atoms with van der Waals surface area (Å²) in [5.41, 5.74) is 0. The predicted octanol–water partition coefficient (Wildman–Crippen LogP) is 0.566. The van der Waals surface area contributed by atoms with Gasteiger partial charge in [-0.1, -0.05) is 6.58 Å². The van der Waals surface area contributed by atoms with Gasteiger partial charge in [-0.15, -0.1) is 0 Å². The van der Waals surface area contributed by atoms with E-state index in [9.17, 15) is 13.2 Å². The van der Waals surface area contributed by atoms with Crippen LogP contribution in [0.5, 0.6) is 0 Å². The van der Waals surface area contributed by atoms with Crippen LogP contribution in [-0.2, 0) is 14.6 Å². The molecule has 0 amide bonds. The van der Waals surface area contributed by atoms with Gasteiger partial charge in [0.2, 0.25) is 0 Å². The molecular formula is C8H12O3S. The van der Waals surface area contributed by atoms with E-state index in [1.54, 1.807) is 0 Å². The van der Waals surface area contributed by atoms with Crippen LogP contribution in [0.1, 0.15) is 12.8 Å². The summed E-state index contributed by atoms with van der Waals surface area (Å²) >= 11 is 0. The minimum absolute atomic E-state index is 0.0232.